The lowest BCUT2D eigenvalue weighted by molar-refractivity contribution is -0.141. The number of piperidine rings is 1. The number of aromatic nitrogens is 1. The van der Waals surface area contributed by atoms with Crippen LogP contribution in [0.1, 0.15) is 51.0 Å². The van der Waals surface area contributed by atoms with Crippen molar-refractivity contribution in [2.24, 2.45) is 5.92 Å². The maximum Gasteiger partial charge on any atom is 0.308 e. The normalized spacial score (nSPS) is 16.5. The zero-order valence-electron chi connectivity index (χ0n) is 18.4. The fourth-order valence-electron chi connectivity index (χ4n) is 4.58. The van der Waals surface area contributed by atoms with Crippen molar-refractivity contribution in [2.45, 2.75) is 51.9 Å². The van der Waals surface area contributed by atoms with Crippen LogP contribution in [0.25, 0.3) is 22.0 Å². The van der Waals surface area contributed by atoms with Gasteiger partial charge in [-0.1, -0.05) is 62.6 Å². The highest BCUT2D eigenvalue weighted by Gasteiger charge is 2.26. The van der Waals surface area contributed by atoms with E-state index in [1.54, 1.807) is 0 Å². The first-order valence-corrected chi connectivity index (χ1v) is 11.6. The van der Waals surface area contributed by atoms with Crippen molar-refractivity contribution in [3.8, 4) is 11.1 Å². The molecule has 1 N–H and O–H groups in total. The fraction of sp³-hybridized carbons (Fsp3) is 0.407. The molecule has 1 aromatic heterocycles. The minimum Gasteiger partial charge on any atom is -0.481 e. The van der Waals surface area contributed by atoms with Gasteiger partial charge in [0.05, 0.1) is 11.4 Å². The molecule has 1 fully saturated rings. The molecule has 1 unspecified atom stereocenters. The molecule has 0 saturated carbocycles. The average molecular weight is 417 g/mol. The molecule has 0 radical (unpaired) electrons. The van der Waals surface area contributed by atoms with Gasteiger partial charge >= 0.3 is 5.97 Å². The van der Waals surface area contributed by atoms with E-state index >= 15 is 0 Å². The van der Waals surface area contributed by atoms with Crippen molar-refractivity contribution < 1.29 is 9.90 Å². The number of benzene rings is 2. The average Bonchev–Trinajstić information content (AvgIpc) is 2.81. The number of anilines is 1. The minimum absolute atomic E-state index is 0.322. The lowest BCUT2D eigenvalue weighted by Gasteiger charge is -2.32. The first-order chi connectivity index (χ1) is 15.2. The number of hydrogen-bond donors (Lipinski definition) is 1. The van der Waals surface area contributed by atoms with E-state index in [1.807, 2.05) is 6.07 Å². The lowest BCUT2D eigenvalue weighted by Crippen LogP contribution is -2.39. The summed E-state index contributed by atoms with van der Waals surface area (Å²) in [5, 5.41) is 10.7. The molecule has 1 saturated heterocycles. The molecule has 1 aliphatic heterocycles. The first kappa shape index (κ1) is 21.4. The molecule has 2 aromatic carbocycles. The van der Waals surface area contributed by atoms with E-state index in [2.05, 4.69) is 60.4 Å². The third kappa shape index (κ3) is 5.07. The number of carboxylic acids is 1. The molecular formula is C27H32N2O2. The number of pyridine rings is 1. The van der Waals surface area contributed by atoms with Crippen molar-refractivity contribution in [1.29, 1.82) is 0 Å². The third-order valence-electron chi connectivity index (χ3n) is 6.36. The largest absolute Gasteiger partial charge is 0.481 e. The Morgan fingerprint density at radius 3 is 2.71 bits per heavy atom. The Bertz CT molecular complexity index is 1030. The Balaban J connectivity index is 1.72. The van der Waals surface area contributed by atoms with Crippen molar-refractivity contribution in [3.05, 3.63) is 60.2 Å². The monoisotopic (exact) mass is 416 g/mol. The number of rotatable bonds is 8. The number of carboxylic acid groups (broad SMARTS) is 1. The molecule has 4 nitrogen and oxygen atoms in total. The summed E-state index contributed by atoms with van der Waals surface area (Å²) in [5.74, 6) is -0.147. The van der Waals surface area contributed by atoms with Crippen LogP contribution in [0, 0.1) is 5.92 Å². The van der Waals surface area contributed by atoms with Crippen LogP contribution in [0.3, 0.4) is 0 Å². The predicted octanol–water partition coefficient (Wildman–Crippen LogP) is 6.33. The zero-order valence-corrected chi connectivity index (χ0v) is 18.4. The number of hydrogen-bond acceptors (Lipinski definition) is 3. The van der Waals surface area contributed by atoms with Gasteiger partial charge in [0, 0.05) is 18.5 Å². The van der Waals surface area contributed by atoms with Crippen LogP contribution >= 0.6 is 0 Å². The van der Waals surface area contributed by atoms with E-state index in [1.165, 1.54) is 47.8 Å². The first-order valence-electron chi connectivity index (χ1n) is 11.6. The maximum absolute atomic E-state index is 11.5. The molecule has 31 heavy (non-hydrogen) atoms. The second kappa shape index (κ2) is 9.95. The Morgan fingerprint density at radius 1 is 1.10 bits per heavy atom. The summed E-state index contributed by atoms with van der Waals surface area (Å²) >= 11 is 0. The Labute approximate surface area is 184 Å². The van der Waals surface area contributed by atoms with E-state index < -0.39 is 5.97 Å². The molecule has 3 aromatic rings. The van der Waals surface area contributed by atoms with E-state index in [0.29, 0.717) is 6.54 Å². The smallest absolute Gasteiger partial charge is 0.308 e. The molecular weight excluding hydrogens is 384 g/mol. The van der Waals surface area contributed by atoms with Crippen molar-refractivity contribution >= 4 is 22.7 Å². The van der Waals surface area contributed by atoms with E-state index in [0.717, 1.165) is 37.1 Å². The molecule has 162 valence electrons. The highest BCUT2D eigenvalue weighted by atomic mass is 16.4. The van der Waals surface area contributed by atoms with Crippen LogP contribution < -0.4 is 4.90 Å². The maximum atomic E-state index is 11.5. The molecule has 4 heteroatoms. The van der Waals surface area contributed by atoms with E-state index in [9.17, 15) is 9.90 Å². The number of aliphatic carboxylic acids is 1. The highest BCUT2D eigenvalue weighted by molar-refractivity contribution is 5.96. The summed E-state index contributed by atoms with van der Waals surface area (Å²) in [6.07, 6.45) is 7.76. The van der Waals surface area contributed by atoms with Crippen LogP contribution in [0.4, 0.5) is 5.82 Å². The van der Waals surface area contributed by atoms with E-state index in [4.69, 9.17) is 4.98 Å². The van der Waals surface area contributed by atoms with Gasteiger partial charge in [0.1, 0.15) is 5.82 Å². The SMILES string of the molecule is CCCCCCc1ccc2nc(N3CCCC(C(=O)O)C3)cc(-c3ccccc3)c2c1. The van der Waals surface area contributed by atoms with Crippen LogP contribution in [-0.4, -0.2) is 29.1 Å². The number of aryl methyl sites for hydroxylation is 1. The quantitative estimate of drug-likeness (QED) is 0.436. The lowest BCUT2D eigenvalue weighted by atomic mass is 9.96. The van der Waals surface area contributed by atoms with Crippen molar-refractivity contribution in [2.75, 3.05) is 18.0 Å². The number of fused-ring (bicyclic) bond motifs is 1. The van der Waals surface area contributed by atoms with Crippen LogP contribution in [0.2, 0.25) is 0 Å². The molecule has 0 aliphatic carbocycles. The summed E-state index contributed by atoms with van der Waals surface area (Å²) in [6, 6.07) is 19.3. The molecule has 0 spiro atoms. The summed E-state index contributed by atoms with van der Waals surface area (Å²) < 4.78 is 0. The summed E-state index contributed by atoms with van der Waals surface area (Å²) in [5.41, 5.74) is 4.69. The van der Waals surface area contributed by atoms with Crippen LogP contribution in [-0.2, 0) is 11.2 Å². The van der Waals surface area contributed by atoms with Crippen molar-refractivity contribution in [1.82, 2.24) is 4.98 Å². The van der Waals surface area contributed by atoms with Gasteiger partial charge in [-0.3, -0.25) is 4.79 Å². The van der Waals surface area contributed by atoms with Gasteiger partial charge in [0.25, 0.3) is 0 Å². The van der Waals surface area contributed by atoms with Gasteiger partial charge < -0.3 is 10.0 Å². The Kier molecular flexibility index (Phi) is 6.86. The van der Waals surface area contributed by atoms with Gasteiger partial charge in [-0.05, 0) is 60.6 Å². The van der Waals surface area contributed by atoms with Gasteiger partial charge in [-0.25, -0.2) is 4.98 Å². The Morgan fingerprint density at radius 2 is 1.94 bits per heavy atom. The van der Waals surface area contributed by atoms with Crippen LogP contribution in [0.5, 0.6) is 0 Å². The third-order valence-corrected chi connectivity index (χ3v) is 6.36. The van der Waals surface area contributed by atoms with Gasteiger partial charge in [-0.2, -0.15) is 0 Å². The van der Waals surface area contributed by atoms with Gasteiger partial charge in [-0.15, -0.1) is 0 Å². The molecule has 0 bridgehead atoms. The molecule has 2 heterocycles. The molecule has 1 aliphatic rings. The topological polar surface area (TPSA) is 53.4 Å². The minimum atomic E-state index is -0.707. The summed E-state index contributed by atoms with van der Waals surface area (Å²) in [4.78, 5) is 18.7. The summed E-state index contributed by atoms with van der Waals surface area (Å²) in [7, 11) is 0. The molecule has 0 amide bonds. The zero-order chi connectivity index (χ0) is 21.6. The second-order valence-corrected chi connectivity index (χ2v) is 8.68. The fourth-order valence-corrected chi connectivity index (χ4v) is 4.58. The second-order valence-electron chi connectivity index (χ2n) is 8.68. The highest BCUT2D eigenvalue weighted by Crippen LogP contribution is 2.33. The standard InChI is InChI=1S/C27H32N2O2/c1-2-3-4-6-10-20-14-15-25-24(17-20)23(21-11-7-5-8-12-21)18-26(28-25)29-16-9-13-22(19-29)27(30)31/h5,7-8,11-12,14-15,17-18,22H,2-4,6,9-10,13,16,19H2,1H3,(H,30,31). The predicted molar refractivity (Wildman–Crippen MR) is 128 cm³/mol. The Hall–Kier alpha value is -2.88. The van der Waals surface area contributed by atoms with Crippen molar-refractivity contribution in [3.63, 3.8) is 0 Å². The molecule has 1 atom stereocenters. The number of carbonyl (C=O) groups is 1. The number of nitrogens with zero attached hydrogens (tertiary/aromatic N) is 2. The molecule has 4 rings (SSSR count). The van der Waals surface area contributed by atoms with Gasteiger partial charge in [0.15, 0.2) is 0 Å². The van der Waals surface area contributed by atoms with Crippen LogP contribution in [0.15, 0.2) is 54.6 Å². The van der Waals surface area contributed by atoms with Gasteiger partial charge in [0.2, 0.25) is 0 Å². The van der Waals surface area contributed by atoms with E-state index in [-0.39, 0.29) is 5.92 Å². The number of unbranched alkanes of at least 4 members (excludes halogenated alkanes) is 3. The summed E-state index contributed by atoms with van der Waals surface area (Å²) in [6.45, 7) is 3.62.